The molecular formula is C7H9NOS. The van der Waals surface area contributed by atoms with Gasteiger partial charge in [-0.15, -0.1) is 0 Å². The smallest absolute Gasteiger partial charge is 0.115 e. The Morgan fingerprint density at radius 1 is 1.60 bits per heavy atom. The van der Waals surface area contributed by atoms with Crippen LogP contribution in [0.5, 0.6) is 0 Å². The van der Waals surface area contributed by atoms with Crippen LogP contribution in [0.2, 0.25) is 0 Å². The lowest BCUT2D eigenvalue weighted by Crippen LogP contribution is -2.56. The molecule has 0 bridgehead atoms. The molecule has 2 N–H and O–H groups in total. The molecule has 10 heavy (non-hydrogen) atoms. The summed E-state index contributed by atoms with van der Waals surface area (Å²) in [4.78, 5) is 0. The van der Waals surface area contributed by atoms with Gasteiger partial charge in [0.2, 0.25) is 0 Å². The van der Waals surface area contributed by atoms with Crippen molar-refractivity contribution in [3.8, 4) is 0 Å². The molecule has 0 aromatic carbocycles. The fourth-order valence-electron chi connectivity index (χ4n) is 1.10. The van der Waals surface area contributed by atoms with Crippen LogP contribution in [0.1, 0.15) is 5.56 Å². The first-order chi connectivity index (χ1) is 4.81. The highest BCUT2D eigenvalue weighted by atomic mass is 32.1. The molecule has 0 saturated carbocycles. The first kappa shape index (κ1) is 6.34. The van der Waals surface area contributed by atoms with E-state index < -0.39 is 5.60 Å². The standard InChI is InChI=1S/C7H9NOS/c9-7(4-8-5-7)6-1-2-10-3-6/h1-3,8-9H,4-5H2. The molecule has 0 atom stereocenters. The predicted molar refractivity (Wildman–Crippen MR) is 41.1 cm³/mol. The zero-order valence-corrected chi connectivity index (χ0v) is 6.32. The number of nitrogens with one attached hydrogen (secondary N) is 1. The predicted octanol–water partition coefficient (Wildman–Crippen LogP) is 0.539. The van der Waals surface area contributed by atoms with E-state index in [1.807, 2.05) is 16.8 Å². The van der Waals surface area contributed by atoms with Gasteiger partial charge in [0, 0.05) is 13.1 Å². The molecular weight excluding hydrogens is 146 g/mol. The van der Waals surface area contributed by atoms with Crippen molar-refractivity contribution in [3.05, 3.63) is 22.4 Å². The molecule has 54 valence electrons. The van der Waals surface area contributed by atoms with Crippen LogP contribution in [0, 0.1) is 0 Å². The Balaban J connectivity index is 2.27. The third kappa shape index (κ3) is 0.785. The van der Waals surface area contributed by atoms with Crippen LogP contribution in [0.3, 0.4) is 0 Å². The van der Waals surface area contributed by atoms with Crippen LogP contribution in [0.4, 0.5) is 0 Å². The Hall–Kier alpha value is -0.380. The Morgan fingerprint density at radius 2 is 2.40 bits per heavy atom. The van der Waals surface area contributed by atoms with Crippen LogP contribution in [-0.2, 0) is 5.60 Å². The van der Waals surface area contributed by atoms with E-state index in [4.69, 9.17) is 0 Å². The van der Waals surface area contributed by atoms with E-state index in [9.17, 15) is 5.11 Å². The van der Waals surface area contributed by atoms with Gasteiger partial charge in [-0.25, -0.2) is 0 Å². The Labute approximate surface area is 63.5 Å². The molecule has 0 spiro atoms. The Morgan fingerprint density at radius 3 is 2.80 bits per heavy atom. The van der Waals surface area contributed by atoms with Gasteiger partial charge >= 0.3 is 0 Å². The quantitative estimate of drug-likeness (QED) is 0.620. The summed E-state index contributed by atoms with van der Waals surface area (Å²) in [7, 11) is 0. The summed E-state index contributed by atoms with van der Waals surface area (Å²) < 4.78 is 0. The molecule has 0 radical (unpaired) electrons. The molecule has 2 heterocycles. The van der Waals surface area contributed by atoms with Crippen LogP contribution >= 0.6 is 11.3 Å². The van der Waals surface area contributed by atoms with Gasteiger partial charge in [-0.1, -0.05) is 0 Å². The molecule has 3 heteroatoms. The third-order valence-electron chi connectivity index (χ3n) is 1.89. The minimum absolute atomic E-state index is 0.556. The number of rotatable bonds is 1. The first-order valence-corrected chi connectivity index (χ1v) is 4.21. The lowest BCUT2D eigenvalue weighted by atomic mass is 9.91. The SMILES string of the molecule is OC1(c2ccsc2)CNC1. The van der Waals surface area contributed by atoms with Gasteiger partial charge in [0.25, 0.3) is 0 Å². The van der Waals surface area contributed by atoms with Gasteiger partial charge in [0.05, 0.1) is 0 Å². The largest absolute Gasteiger partial charge is 0.382 e. The average molecular weight is 155 g/mol. The molecule has 1 aliphatic rings. The summed E-state index contributed by atoms with van der Waals surface area (Å²) in [6.07, 6.45) is 0. The summed E-state index contributed by atoms with van der Waals surface area (Å²) in [6.45, 7) is 1.40. The minimum atomic E-state index is -0.556. The van der Waals surface area contributed by atoms with Crippen molar-refractivity contribution in [2.24, 2.45) is 0 Å². The molecule has 0 aliphatic carbocycles. The zero-order valence-electron chi connectivity index (χ0n) is 5.50. The first-order valence-electron chi connectivity index (χ1n) is 3.27. The second-order valence-electron chi connectivity index (χ2n) is 2.65. The van der Waals surface area contributed by atoms with Crippen molar-refractivity contribution in [2.75, 3.05) is 13.1 Å². The third-order valence-corrected chi connectivity index (χ3v) is 2.58. The molecule has 1 aromatic heterocycles. The normalized spacial score (nSPS) is 22.1. The van der Waals surface area contributed by atoms with E-state index >= 15 is 0 Å². The molecule has 1 saturated heterocycles. The summed E-state index contributed by atoms with van der Waals surface area (Å²) >= 11 is 1.63. The maximum Gasteiger partial charge on any atom is 0.115 e. The number of β-amino-alcohol motifs (C(OH)–C–C–N with tert-alkyl or cyclic N) is 1. The second-order valence-corrected chi connectivity index (χ2v) is 3.43. The van der Waals surface area contributed by atoms with Crippen molar-refractivity contribution in [2.45, 2.75) is 5.60 Å². The molecule has 1 aliphatic heterocycles. The van der Waals surface area contributed by atoms with Crippen LogP contribution in [-0.4, -0.2) is 18.2 Å². The van der Waals surface area contributed by atoms with Crippen LogP contribution < -0.4 is 5.32 Å². The van der Waals surface area contributed by atoms with Crippen molar-refractivity contribution in [1.82, 2.24) is 5.32 Å². The van der Waals surface area contributed by atoms with E-state index in [1.54, 1.807) is 11.3 Å². The highest BCUT2D eigenvalue weighted by molar-refractivity contribution is 7.08. The fraction of sp³-hybridized carbons (Fsp3) is 0.429. The molecule has 0 unspecified atom stereocenters. The van der Waals surface area contributed by atoms with Crippen molar-refractivity contribution < 1.29 is 5.11 Å². The van der Waals surface area contributed by atoms with E-state index in [2.05, 4.69) is 5.32 Å². The second kappa shape index (κ2) is 2.05. The van der Waals surface area contributed by atoms with Crippen LogP contribution in [0.15, 0.2) is 16.8 Å². The Kier molecular flexibility index (Phi) is 1.30. The Bertz CT molecular complexity index is 216. The molecule has 1 fully saturated rings. The van der Waals surface area contributed by atoms with E-state index in [-0.39, 0.29) is 0 Å². The summed E-state index contributed by atoms with van der Waals surface area (Å²) in [5.74, 6) is 0. The van der Waals surface area contributed by atoms with Gasteiger partial charge in [-0.05, 0) is 22.4 Å². The summed E-state index contributed by atoms with van der Waals surface area (Å²) in [5.41, 5.74) is 0.497. The highest BCUT2D eigenvalue weighted by Gasteiger charge is 2.36. The maximum absolute atomic E-state index is 9.71. The van der Waals surface area contributed by atoms with Gasteiger partial charge < -0.3 is 10.4 Å². The van der Waals surface area contributed by atoms with E-state index in [1.165, 1.54) is 0 Å². The number of hydrogen-bond acceptors (Lipinski definition) is 3. The van der Waals surface area contributed by atoms with Gasteiger partial charge in [-0.3, -0.25) is 0 Å². The van der Waals surface area contributed by atoms with Crippen molar-refractivity contribution >= 4 is 11.3 Å². The fourth-order valence-corrected chi connectivity index (χ4v) is 1.84. The molecule has 2 rings (SSSR count). The molecule has 1 aromatic rings. The molecule has 2 nitrogen and oxygen atoms in total. The van der Waals surface area contributed by atoms with Gasteiger partial charge in [0.15, 0.2) is 0 Å². The molecule has 0 amide bonds. The van der Waals surface area contributed by atoms with Gasteiger partial charge in [-0.2, -0.15) is 11.3 Å². The van der Waals surface area contributed by atoms with Crippen molar-refractivity contribution in [3.63, 3.8) is 0 Å². The summed E-state index contributed by atoms with van der Waals surface area (Å²) in [5, 5.41) is 16.8. The monoisotopic (exact) mass is 155 g/mol. The van der Waals surface area contributed by atoms with E-state index in [0.29, 0.717) is 13.1 Å². The highest BCUT2D eigenvalue weighted by Crippen LogP contribution is 2.26. The number of thiophene rings is 1. The summed E-state index contributed by atoms with van der Waals surface area (Å²) in [6, 6.07) is 1.98. The number of hydrogen-bond donors (Lipinski definition) is 2. The average Bonchev–Trinajstić information content (AvgIpc) is 2.33. The number of aliphatic hydroxyl groups is 1. The zero-order chi connectivity index (χ0) is 7.03. The minimum Gasteiger partial charge on any atom is -0.382 e. The maximum atomic E-state index is 9.71. The lowest BCUT2D eigenvalue weighted by Gasteiger charge is -2.37. The van der Waals surface area contributed by atoms with Gasteiger partial charge in [0.1, 0.15) is 5.60 Å². The topological polar surface area (TPSA) is 32.3 Å². The lowest BCUT2D eigenvalue weighted by molar-refractivity contribution is -0.0142. The van der Waals surface area contributed by atoms with Crippen molar-refractivity contribution in [1.29, 1.82) is 0 Å². The van der Waals surface area contributed by atoms with E-state index in [0.717, 1.165) is 5.56 Å². The van der Waals surface area contributed by atoms with Crippen LogP contribution in [0.25, 0.3) is 0 Å².